The van der Waals surface area contributed by atoms with E-state index in [1.807, 2.05) is 32.0 Å². The van der Waals surface area contributed by atoms with Crippen molar-refractivity contribution in [3.05, 3.63) is 23.8 Å². The monoisotopic (exact) mass is 330 g/mol. The van der Waals surface area contributed by atoms with Crippen molar-refractivity contribution in [3.8, 4) is 17.6 Å². The van der Waals surface area contributed by atoms with E-state index < -0.39 is 5.41 Å². The van der Waals surface area contributed by atoms with E-state index in [1.165, 1.54) is 0 Å². The molecule has 1 saturated carbocycles. The lowest BCUT2D eigenvalue weighted by atomic mass is 9.87. The molecule has 1 N–H and O–H groups in total. The average Bonchev–Trinajstić information content (AvgIpc) is 3.08. The highest BCUT2D eigenvalue weighted by molar-refractivity contribution is 5.85. The van der Waals surface area contributed by atoms with E-state index in [-0.39, 0.29) is 5.91 Å². The van der Waals surface area contributed by atoms with E-state index >= 15 is 0 Å². The van der Waals surface area contributed by atoms with E-state index in [9.17, 15) is 10.1 Å². The first kappa shape index (κ1) is 18.1. The Morgan fingerprint density at radius 1 is 1.21 bits per heavy atom. The topological polar surface area (TPSA) is 71.3 Å². The molecule has 0 heterocycles. The van der Waals surface area contributed by atoms with Crippen molar-refractivity contribution in [2.75, 3.05) is 19.8 Å². The minimum atomic E-state index is -0.810. The zero-order chi connectivity index (χ0) is 17.4. The normalized spacial score (nSPS) is 15.5. The summed E-state index contributed by atoms with van der Waals surface area (Å²) in [6, 6.07) is 8.06. The van der Waals surface area contributed by atoms with E-state index in [0.717, 1.165) is 29.9 Å². The third-order valence-electron chi connectivity index (χ3n) is 4.41. The van der Waals surface area contributed by atoms with Crippen LogP contribution in [0.2, 0.25) is 0 Å². The number of carbonyl (C=O) groups is 1. The van der Waals surface area contributed by atoms with Gasteiger partial charge in [-0.05, 0) is 50.8 Å². The molecule has 1 fully saturated rings. The largest absolute Gasteiger partial charge is 0.490 e. The number of amides is 1. The van der Waals surface area contributed by atoms with Gasteiger partial charge in [0.15, 0.2) is 11.5 Å². The minimum absolute atomic E-state index is 0.126. The molecule has 0 bridgehead atoms. The summed E-state index contributed by atoms with van der Waals surface area (Å²) in [5.41, 5.74) is 0.259. The van der Waals surface area contributed by atoms with Gasteiger partial charge >= 0.3 is 0 Å². The quantitative estimate of drug-likeness (QED) is 0.794. The van der Waals surface area contributed by atoms with Crippen LogP contribution in [0.5, 0.6) is 11.5 Å². The van der Waals surface area contributed by atoms with Crippen LogP contribution in [0.4, 0.5) is 0 Å². The first-order valence-corrected chi connectivity index (χ1v) is 8.73. The molecule has 0 radical (unpaired) electrons. The number of ether oxygens (including phenoxy) is 2. The molecular formula is C19H26N2O3. The van der Waals surface area contributed by atoms with Gasteiger partial charge in [0, 0.05) is 6.54 Å². The van der Waals surface area contributed by atoms with E-state index in [2.05, 4.69) is 11.4 Å². The SMILES string of the molecule is CCOc1ccc(CCNC(=O)C2(C#N)CCCC2)cc1OCC. The van der Waals surface area contributed by atoms with Gasteiger partial charge in [0.1, 0.15) is 5.41 Å². The first-order chi connectivity index (χ1) is 11.6. The summed E-state index contributed by atoms with van der Waals surface area (Å²) in [7, 11) is 0. The molecular weight excluding hydrogens is 304 g/mol. The Kier molecular flexibility index (Phi) is 6.48. The summed E-state index contributed by atoms with van der Waals surface area (Å²) in [5.74, 6) is 1.34. The van der Waals surface area contributed by atoms with Crippen LogP contribution in [0.25, 0.3) is 0 Å². The highest BCUT2D eigenvalue weighted by atomic mass is 16.5. The summed E-state index contributed by atoms with van der Waals surface area (Å²) in [6.45, 7) is 5.55. The number of rotatable bonds is 8. The minimum Gasteiger partial charge on any atom is -0.490 e. The second-order valence-electron chi connectivity index (χ2n) is 6.05. The fraction of sp³-hybridized carbons (Fsp3) is 0.579. The highest BCUT2D eigenvalue weighted by Gasteiger charge is 2.41. The van der Waals surface area contributed by atoms with E-state index in [1.54, 1.807) is 0 Å². The first-order valence-electron chi connectivity index (χ1n) is 8.73. The standard InChI is InChI=1S/C19H26N2O3/c1-3-23-16-8-7-15(13-17(16)24-4-2)9-12-21-18(22)19(14-20)10-5-6-11-19/h7-8,13H,3-6,9-12H2,1-2H3,(H,21,22). The lowest BCUT2D eigenvalue weighted by Crippen LogP contribution is -2.39. The number of nitrogens with one attached hydrogen (secondary N) is 1. The number of carbonyl (C=O) groups excluding carboxylic acids is 1. The molecule has 24 heavy (non-hydrogen) atoms. The van der Waals surface area contributed by atoms with Crippen molar-refractivity contribution < 1.29 is 14.3 Å². The van der Waals surface area contributed by atoms with Crippen molar-refractivity contribution in [1.82, 2.24) is 5.32 Å². The van der Waals surface area contributed by atoms with Gasteiger partial charge in [-0.1, -0.05) is 18.9 Å². The molecule has 1 aromatic carbocycles. The molecule has 5 heteroatoms. The molecule has 2 rings (SSSR count). The van der Waals surface area contributed by atoms with Crippen LogP contribution in [0.15, 0.2) is 18.2 Å². The zero-order valence-electron chi connectivity index (χ0n) is 14.6. The van der Waals surface area contributed by atoms with Gasteiger partial charge in [-0.3, -0.25) is 4.79 Å². The van der Waals surface area contributed by atoms with Gasteiger partial charge in [-0.2, -0.15) is 5.26 Å². The maximum atomic E-state index is 12.3. The van der Waals surface area contributed by atoms with E-state index in [4.69, 9.17) is 9.47 Å². The van der Waals surface area contributed by atoms with Gasteiger partial charge in [0.2, 0.25) is 5.91 Å². The molecule has 130 valence electrons. The van der Waals surface area contributed by atoms with Crippen molar-refractivity contribution in [2.24, 2.45) is 5.41 Å². The molecule has 0 aromatic heterocycles. The lowest BCUT2D eigenvalue weighted by Gasteiger charge is -2.19. The van der Waals surface area contributed by atoms with Crippen LogP contribution < -0.4 is 14.8 Å². The lowest BCUT2D eigenvalue weighted by molar-refractivity contribution is -0.127. The molecule has 1 amide bonds. The molecule has 5 nitrogen and oxygen atoms in total. The summed E-state index contributed by atoms with van der Waals surface area (Å²) in [5, 5.41) is 12.3. The molecule has 1 aromatic rings. The third-order valence-corrected chi connectivity index (χ3v) is 4.41. The Morgan fingerprint density at radius 3 is 2.50 bits per heavy atom. The predicted octanol–water partition coefficient (Wildman–Crippen LogP) is 3.23. The van der Waals surface area contributed by atoms with Crippen molar-refractivity contribution in [1.29, 1.82) is 5.26 Å². The average molecular weight is 330 g/mol. The number of nitriles is 1. The van der Waals surface area contributed by atoms with Crippen LogP contribution in [-0.4, -0.2) is 25.7 Å². The van der Waals surface area contributed by atoms with Crippen LogP contribution >= 0.6 is 0 Å². The zero-order valence-corrected chi connectivity index (χ0v) is 14.6. The summed E-state index contributed by atoms with van der Waals surface area (Å²) < 4.78 is 11.2. The number of hydrogen-bond acceptors (Lipinski definition) is 4. The van der Waals surface area contributed by atoms with Gasteiger partial charge in [-0.25, -0.2) is 0 Å². The summed E-state index contributed by atoms with van der Waals surface area (Å²) in [6.07, 6.45) is 3.95. The number of benzene rings is 1. The van der Waals surface area contributed by atoms with Gasteiger partial charge < -0.3 is 14.8 Å². The van der Waals surface area contributed by atoms with Crippen LogP contribution in [0, 0.1) is 16.7 Å². The fourth-order valence-electron chi connectivity index (χ4n) is 3.11. The summed E-state index contributed by atoms with van der Waals surface area (Å²) >= 11 is 0. The Labute approximate surface area is 144 Å². The maximum Gasteiger partial charge on any atom is 0.240 e. The Bertz CT molecular complexity index is 601. The molecule has 0 saturated heterocycles. The van der Waals surface area contributed by atoms with Gasteiger partial charge in [0.05, 0.1) is 19.3 Å². The van der Waals surface area contributed by atoms with Crippen molar-refractivity contribution >= 4 is 5.91 Å². The number of hydrogen-bond donors (Lipinski definition) is 1. The predicted molar refractivity (Wildman–Crippen MR) is 92.0 cm³/mol. The number of nitrogens with zero attached hydrogens (tertiary/aromatic N) is 1. The highest BCUT2D eigenvalue weighted by Crippen LogP contribution is 2.37. The second-order valence-corrected chi connectivity index (χ2v) is 6.05. The molecule has 1 aliphatic rings. The molecule has 1 aliphatic carbocycles. The smallest absolute Gasteiger partial charge is 0.240 e. The van der Waals surface area contributed by atoms with Crippen LogP contribution in [0.1, 0.15) is 45.1 Å². The molecule has 0 atom stereocenters. The van der Waals surface area contributed by atoms with Crippen LogP contribution in [0.3, 0.4) is 0 Å². The van der Waals surface area contributed by atoms with Gasteiger partial charge in [-0.15, -0.1) is 0 Å². The second kappa shape index (κ2) is 8.58. The van der Waals surface area contributed by atoms with Crippen molar-refractivity contribution in [3.63, 3.8) is 0 Å². The Balaban J connectivity index is 1.93. The Morgan fingerprint density at radius 2 is 1.88 bits per heavy atom. The maximum absolute atomic E-state index is 12.3. The third kappa shape index (κ3) is 4.19. The Hall–Kier alpha value is -2.22. The molecule has 0 aliphatic heterocycles. The molecule has 0 unspecified atom stereocenters. The molecule has 0 spiro atoms. The van der Waals surface area contributed by atoms with Gasteiger partial charge in [0.25, 0.3) is 0 Å². The van der Waals surface area contributed by atoms with Crippen molar-refractivity contribution in [2.45, 2.75) is 46.0 Å². The van der Waals surface area contributed by atoms with E-state index in [0.29, 0.717) is 39.0 Å². The summed E-state index contributed by atoms with van der Waals surface area (Å²) in [4.78, 5) is 12.3. The van der Waals surface area contributed by atoms with Crippen LogP contribution in [-0.2, 0) is 11.2 Å². The fourth-order valence-corrected chi connectivity index (χ4v) is 3.11.